The van der Waals surface area contributed by atoms with Crippen molar-refractivity contribution in [3.63, 3.8) is 0 Å². The molecule has 3 N–H and O–H groups in total. The molecule has 31 heavy (non-hydrogen) atoms. The fourth-order valence-corrected chi connectivity index (χ4v) is 4.51. The summed E-state index contributed by atoms with van der Waals surface area (Å²) in [6.07, 6.45) is 6.48. The fourth-order valence-electron chi connectivity index (χ4n) is 3.53. The predicted molar refractivity (Wildman–Crippen MR) is 134 cm³/mol. The lowest BCUT2D eigenvalue weighted by Crippen LogP contribution is -2.43. The van der Waals surface area contributed by atoms with Gasteiger partial charge in [0.1, 0.15) is 0 Å². The molecule has 0 radical (unpaired) electrons. The number of nitrogens with one attached hydrogen (secondary N) is 1. The van der Waals surface area contributed by atoms with Crippen molar-refractivity contribution < 1.29 is 18.9 Å². The molecule has 2 aromatic rings. The molecule has 5 nitrogen and oxygen atoms in total. The number of rotatable bonds is 11. The Balaban J connectivity index is 0.00000233. The topological polar surface area (TPSA) is 78.8 Å². The Kier molecular flexibility index (Phi) is 11.9. The molecule has 7 heteroatoms. The summed E-state index contributed by atoms with van der Waals surface area (Å²) < 4.78 is 16.7. The zero-order valence-corrected chi connectivity index (χ0v) is 21.1. The van der Waals surface area contributed by atoms with E-state index in [1.165, 1.54) is 19.3 Å². The Morgan fingerprint density at radius 3 is 2.29 bits per heavy atom. The van der Waals surface area contributed by atoms with E-state index in [4.69, 9.17) is 16.7 Å². The van der Waals surface area contributed by atoms with Gasteiger partial charge in [0.05, 0.1) is 16.6 Å². The zero-order chi connectivity index (χ0) is 23.5. The SMILES string of the molecule is CC.CCCCCCCC(=S)NC(c1ccc2ccccc2c1)C(C)(C)OP(=O)(O)O. The van der Waals surface area contributed by atoms with Gasteiger partial charge in [0, 0.05) is 0 Å². The van der Waals surface area contributed by atoms with Gasteiger partial charge in [0.25, 0.3) is 0 Å². The number of phosphoric acid groups is 1. The van der Waals surface area contributed by atoms with Crippen LogP contribution >= 0.6 is 20.0 Å². The van der Waals surface area contributed by atoms with Gasteiger partial charge in [-0.15, -0.1) is 0 Å². The van der Waals surface area contributed by atoms with Gasteiger partial charge in [-0.1, -0.05) is 95.1 Å². The van der Waals surface area contributed by atoms with Gasteiger partial charge in [-0.05, 0) is 49.1 Å². The molecule has 0 aliphatic rings. The van der Waals surface area contributed by atoms with Crippen LogP contribution in [0.15, 0.2) is 42.5 Å². The van der Waals surface area contributed by atoms with Gasteiger partial charge in [0.15, 0.2) is 0 Å². The standard InChI is InChI=1S/C22H32NO4PS.C2H6/c1-4-5-6-7-8-13-20(29)23-21(22(2,3)27-28(24,25)26)19-15-14-17-11-9-10-12-18(17)16-19;1-2/h9-12,14-16,21H,4-8,13H2,1-3H3,(H,23,29)(H2,24,25,26);1-2H3. The van der Waals surface area contributed by atoms with Crippen molar-refractivity contribution in [2.75, 3.05) is 0 Å². The van der Waals surface area contributed by atoms with Crippen molar-refractivity contribution in [1.82, 2.24) is 5.32 Å². The molecule has 0 aliphatic heterocycles. The molecular weight excluding hydrogens is 429 g/mol. The highest BCUT2D eigenvalue weighted by Gasteiger charge is 2.38. The van der Waals surface area contributed by atoms with Crippen LogP contribution in [0.3, 0.4) is 0 Å². The van der Waals surface area contributed by atoms with E-state index < -0.39 is 19.5 Å². The summed E-state index contributed by atoms with van der Waals surface area (Å²) in [7, 11) is -4.67. The Morgan fingerprint density at radius 1 is 1.06 bits per heavy atom. The summed E-state index contributed by atoms with van der Waals surface area (Å²) in [5, 5.41) is 5.46. The van der Waals surface area contributed by atoms with Gasteiger partial charge in [-0.3, -0.25) is 4.52 Å². The zero-order valence-electron chi connectivity index (χ0n) is 19.4. The normalized spacial score (nSPS) is 12.7. The van der Waals surface area contributed by atoms with Crippen molar-refractivity contribution in [2.45, 2.75) is 84.8 Å². The lowest BCUT2D eigenvalue weighted by molar-refractivity contribution is 0.0367. The van der Waals surface area contributed by atoms with E-state index in [0.29, 0.717) is 4.99 Å². The molecule has 0 heterocycles. The van der Waals surface area contributed by atoms with E-state index in [0.717, 1.165) is 35.6 Å². The largest absolute Gasteiger partial charge is 0.470 e. The highest BCUT2D eigenvalue weighted by molar-refractivity contribution is 7.80. The minimum Gasteiger partial charge on any atom is -0.370 e. The quantitative estimate of drug-likeness (QED) is 0.186. The number of phosphoric ester groups is 1. The highest BCUT2D eigenvalue weighted by Crippen LogP contribution is 2.45. The Morgan fingerprint density at radius 2 is 1.68 bits per heavy atom. The van der Waals surface area contributed by atoms with Gasteiger partial charge in [0.2, 0.25) is 0 Å². The number of thiocarbonyl (C=S) groups is 1. The second kappa shape index (κ2) is 13.3. The molecule has 2 rings (SSSR count). The summed E-state index contributed by atoms with van der Waals surface area (Å²) in [6.45, 7) is 9.52. The molecule has 0 saturated heterocycles. The maximum Gasteiger partial charge on any atom is 0.470 e. The molecule has 0 aliphatic carbocycles. The summed E-state index contributed by atoms with van der Waals surface area (Å²) in [5.41, 5.74) is -0.302. The van der Waals surface area contributed by atoms with Crippen LogP contribution in [0.4, 0.5) is 0 Å². The van der Waals surface area contributed by atoms with E-state index in [-0.39, 0.29) is 0 Å². The molecule has 0 fully saturated rings. The van der Waals surface area contributed by atoms with Crippen LogP contribution in [0.2, 0.25) is 0 Å². The van der Waals surface area contributed by atoms with Crippen LogP contribution < -0.4 is 5.32 Å². The van der Waals surface area contributed by atoms with Crippen LogP contribution in [0.1, 0.15) is 84.7 Å². The second-order valence-electron chi connectivity index (χ2n) is 7.96. The third-order valence-electron chi connectivity index (χ3n) is 4.97. The molecule has 0 saturated carbocycles. The molecule has 2 aromatic carbocycles. The van der Waals surface area contributed by atoms with Crippen LogP contribution in [0, 0.1) is 0 Å². The van der Waals surface area contributed by atoms with Crippen molar-refractivity contribution in [3.05, 3.63) is 48.0 Å². The van der Waals surface area contributed by atoms with Crippen molar-refractivity contribution >= 4 is 35.8 Å². The second-order valence-corrected chi connectivity index (χ2v) is 9.61. The number of hydrogen-bond acceptors (Lipinski definition) is 3. The van der Waals surface area contributed by atoms with Crippen LogP contribution in [0.5, 0.6) is 0 Å². The summed E-state index contributed by atoms with van der Waals surface area (Å²) in [5.74, 6) is 0. The molecule has 1 atom stereocenters. The van der Waals surface area contributed by atoms with E-state index >= 15 is 0 Å². The monoisotopic (exact) mass is 467 g/mol. The van der Waals surface area contributed by atoms with Gasteiger partial charge in [-0.2, -0.15) is 0 Å². The Hall–Kier alpha value is -1.30. The number of benzene rings is 2. The van der Waals surface area contributed by atoms with E-state index in [1.807, 2.05) is 56.3 Å². The Bertz CT molecular complexity index is 866. The summed E-state index contributed by atoms with van der Waals surface area (Å²) in [6, 6.07) is 13.5. The first-order chi connectivity index (χ1) is 14.6. The lowest BCUT2D eigenvalue weighted by atomic mass is 9.90. The van der Waals surface area contributed by atoms with E-state index in [2.05, 4.69) is 12.2 Å². The van der Waals surface area contributed by atoms with Crippen molar-refractivity contribution in [3.8, 4) is 0 Å². The maximum atomic E-state index is 11.6. The van der Waals surface area contributed by atoms with Gasteiger partial charge < -0.3 is 15.1 Å². The smallest absolute Gasteiger partial charge is 0.370 e. The van der Waals surface area contributed by atoms with Crippen molar-refractivity contribution in [2.24, 2.45) is 0 Å². The molecule has 174 valence electrons. The average molecular weight is 468 g/mol. The van der Waals surface area contributed by atoms with Crippen LogP contribution in [0.25, 0.3) is 10.8 Å². The minimum absolute atomic E-state index is 0.497. The molecule has 0 bridgehead atoms. The summed E-state index contributed by atoms with van der Waals surface area (Å²) in [4.78, 5) is 19.5. The third-order valence-corrected chi connectivity index (χ3v) is 6.00. The van der Waals surface area contributed by atoms with Crippen LogP contribution in [-0.2, 0) is 9.09 Å². The van der Waals surface area contributed by atoms with Gasteiger partial charge >= 0.3 is 7.82 Å². The summed E-state index contributed by atoms with van der Waals surface area (Å²) >= 11 is 5.55. The maximum absolute atomic E-state index is 11.6. The van der Waals surface area contributed by atoms with E-state index in [1.54, 1.807) is 13.8 Å². The first kappa shape index (κ1) is 27.7. The first-order valence-electron chi connectivity index (χ1n) is 11.2. The molecule has 0 aromatic heterocycles. The van der Waals surface area contributed by atoms with Gasteiger partial charge in [-0.25, -0.2) is 4.57 Å². The van der Waals surface area contributed by atoms with E-state index in [9.17, 15) is 14.4 Å². The fraction of sp³-hybridized carbons (Fsp3) is 0.542. The number of fused-ring (bicyclic) bond motifs is 1. The molecule has 1 unspecified atom stereocenters. The Labute approximate surface area is 192 Å². The highest BCUT2D eigenvalue weighted by atomic mass is 32.1. The first-order valence-corrected chi connectivity index (χ1v) is 13.1. The predicted octanol–water partition coefficient (Wildman–Crippen LogP) is 7.07. The number of unbranched alkanes of at least 4 members (excludes halogenated alkanes) is 4. The van der Waals surface area contributed by atoms with Crippen molar-refractivity contribution in [1.29, 1.82) is 0 Å². The molecular formula is C24H38NO4PS. The number of hydrogen-bond donors (Lipinski definition) is 3. The minimum atomic E-state index is -4.67. The van der Waals surface area contributed by atoms with Crippen LogP contribution in [-0.4, -0.2) is 20.4 Å². The average Bonchev–Trinajstić information content (AvgIpc) is 2.71. The lowest BCUT2D eigenvalue weighted by Gasteiger charge is -2.36. The third kappa shape index (κ3) is 9.80. The molecule has 0 spiro atoms. The molecule has 0 amide bonds.